The van der Waals surface area contributed by atoms with Crippen LogP contribution in [-0.4, -0.2) is 22.4 Å². The first kappa shape index (κ1) is 15.8. The minimum absolute atomic E-state index is 0.0221. The summed E-state index contributed by atoms with van der Waals surface area (Å²) in [6.45, 7) is 0. The third kappa shape index (κ3) is 3.45. The summed E-state index contributed by atoms with van der Waals surface area (Å²) >= 11 is 1.61. The van der Waals surface area contributed by atoms with Crippen LogP contribution in [0.5, 0.6) is 0 Å². The van der Waals surface area contributed by atoms with Gasteiger partial charge in [0.2, 0.25) is 5.89 Å². The average Bonchev–Trinajstić information content (AvgIpc) is 3.10. The van der Waals surface area contributed by atoms with Crippen molar-refractivity contribution >= 4 is 23.7 Å². The standard InChI is InChI=1S/C17H12N4O2S/c1-24-14-4-2-3-13(9-14)16-20-21-17(23-16)19-15(22)12-7-5-11(10-18)6-8-12/h2-9H,1H3,(H,19,21,22). The molecule has 1 amide bonds. The van der Waals surface area contributed by atoms with Crippen molar-refractivity contribution in [3.63, 3.8) is 0 Å². The van der Waals surface area contributed by atoms with Crippen molar-refractivity contribution in [3.05, 3.63) is 59.7 Å². The quantitative estimate of drug-likeness (QED) is 0.732. The number of carbonyl (C=O) groups excluding carboxylic acids is 1. The molecule has 24 heavy (non-hydrogen) atoms. The fraction of sp³-hybridized carbons (Fsp3) is 0.0588. The van der Waals surface area contributed by atoms with Gasteiger partial charge in [-0.1, -0.05) is 11.2 Å². The number of hydrogen-bond donors (Lipinski definition) is 1. The predicted octanol–water partition coefficient (Wildman–Crippen LogP) is 3.58. The van der Waals surface area contributed by atoms with Crippen LogP contribution < -0.4 is 5.32 Å². The molecule has 0 aliphatic rings. The molecule has 1 heterocycles. The lowest BCUT2D eigenvalue weighted by Crippen LogP contribution is -2.11. The van der Waals surface area contributed by atoms with Crippen LogP contribution in [0.15, 0.2) is 57.8 Å². The van der Waals surface area contributed by atoms with Crippen LogP contribution in [0, 0.1) is 11.3 Å². The largest absolute Gasteiger partial charge is 0.403 e. The van der Waals surface area contributed by atoms with E-state index < -0.39 is 0 Å². The van der Waals surface area contributed by atoms with Crippen molar-refractivity contribution in [3.8, 4) is 17.5 Å². The lowest BCUT2D eigenvalue weighted by molar-refractivity contribution is 0.102. The Hall–Kier alpha value is -3.11. The SMILES string of the molecule is CSc1cccc(-c2nnc(NC(=O)c3ccc(C#N)cc3)o2)c1. The Morgan fingerprint density at radius 2 is 2.00 bits per heavy atom. The summed E-state index contributed by atoms with van der Waals surface area (Å²) < 4.78 is 5.49. The summed E-state index contributed by atoms with van der Waals surface area (Å²) in [7, 11) is 0. The van der Waals surface area contributed by atoms with E-state index in [2.05, 4.69) is 15.5 Å². The highest BCUT2D eigenvalue weighted by molar-refractivity contribution is 7.98. The summed E-state index contributed by atoms with van der Waals surface area (Å²) in [6.07, 6.45) is 1.98. The molecule has 0 atom stereocenters. The van der Waals surface area contributed by atoms with E-state index in [0.29, 0.717) is 17.0 Å². The number of anilines is 1. The van der Waals surface area contributed by atoms with E-state index in [0.717, 1.165) is 10.5 Å². The van der Waals surface area contributed by atoms with Gasteiger partial charge < -0.3 is 4.42 Å². The van der Waals surface area contributed by atoms with Gasteiger partial charge in [0.05, 0.1) is 11.6 Å². The molecular formula is C17H12N4O2S. The number of aromatic nitrogens is 2. The molecule has 1 aromatic heterocycles. The van der Waals surface area contributed by atoms with E-state index in [1.54, 1.807) is 36.0 Å². The second-order valence-electron chi connectivity index (χ2n) is 4.79. The first-order chi connectivity index (χ1) is 11.7. The topological polar surface area (TPSA) is 91.8 Å². The lowest BCUT2D eigenvalue weighted by atomic mass is 10.1. The Labute approximate surface area is 142 Å². The maximum atomic E-state index is 12.1. The van der Waals surface area contributed by atoms with Crippen LogP contribution in [0.1, 0.15) is 15.9 Å². The fourth-order valence-corrected chi connectivity index (χ4v) is 2.47. The van der Waals surface area contributed by atoms with Gasteiger partial charge in [-0.15, -0.1) is 16.9 Å². The summed E-state index contributed by atoms with van der Waals surface area (Å²) in [5.74, 6) is -0.0476. The number of amides is 1. The smallest absolute Gasteiger partial charge is 0.322 e. The van der Waals surface area contributed by atoms with Crippen LogP contribution in [-0.2, 0) is 0 Å². The first-order valence-electron chi connectivity index (χ1n) is 6.99. The Bertz CT molecular complexity index is 913. The van der Waals surface area contributed by atoms with Crippen LogP contribution in [0.25, 0.3) is 11.5 Å². The minimum Gasteiger partial charge on any atom is -0.403 e. The van der Waals surface area contributed by atoms with Crippen LogP contribution >= 0.6 is 11.8 Å². The first-order valence-corrected chi connectivity index (χ1v) is 8.21. The van der Waals surface area contributed by atoms with Crippen molar-refractivity contribution in [2.24, 2.45) is 0 Å². The molecule has 0 bridgehead atoms. The number of hydrogen-bond acceptors (Lipinski definition) is 6. The summed E-state index contributed by atoms with van der Waals surface area (Å²) in [6, 6.07) is 16.0. The van der Waals surface area contributed by atoms with Gasteiger partial charge >= 0.3 is 6.01 Å². The van der Waals surface area contributed by atoms with E-state index in [4.69, 9.17) is 9.68 Å². The molecule has 2 aromatic carbocycles. The van der Waals surface area contributed by atoms with Crippen LogP contribution in [0.3, 0.4) is 0 Å². The highest BCUT2D eigenvalue weighted by atomic mass is 32.2. The van der Waals surface area contributed by atoms with Gasteiger partial charge in [-0.05, 0) is 48.7 Å². The second kappa shape index (κ2) is 6.98. The third-order valence-electron chi connectivity index (χ3n) is 3.24. The van der Waals surface area contributed by atoms with Crippen molar-refractivity contribution in [1.82, 2.24) is 10.2 Å². The van der Waals surface area contributed by atoms with Crippen LogP contribution in [0.2, 0.25) is 0 Å². The molecule has 0 spiro atoms. The number of rotatable bonds is 4. The highest BCUT2D eigenvalue weighted by Crippen LogP contribution is 2.24. The van der Waals surface area contributed by atoms with E-state index in [9.17, 15) is 4.79 Å². The number of thioether (sulfide) groups is 1. The Kier molecular flexibility index (Phi) is 4.59. The minimum atomic E-state index is -0.382. The molecule has 0 saturated heterocycles. The monoisotopic (exact) mass is 336 g/mol. The normalized spacial score (nSPS) is 10.2. The van der Waals surface area contributed by atoms with Crippen molar-refractivity contribution < 1.29 is 9.21 Å². The molecule has 0 fully saturated rings. The molecule has 118 valence electrons. The molecule has 0 aliphatic heterocycles. The molecule has 1 N–H and O–H groups in total. The molecule has 6 nitrogen and oxygen atoms in total. The number of nitrogens with zero attached hydrogens (tertiary/aromatic N) is 3. The number of nitriles is 1. The van der Waals surface area contributed by atoms with E-state index in [-0.39, 0.29) is 11.9 Å². The van der Waals surface area contributed by atoms with E-state index in [1.807, 2.05) is 36.6 Å². The van der Waals surface area contributed by atoms with Gasteiger partial charge in [-0.25, -0.2) is 0 Å². The summed E-state index contributed by atoms with van der Waals surface area (Å²) in [4.78, 5) is 13.2. The highest BCUT2D eigenvalue weighted by Gasteiger charge is 2.13. The van der Waals surface area contributed by atoms with Crippen molar-refractivity contribution in [1.29, 1.82) is 5.26 Å². The second-order valence-corrected chi connectivity index (χ2v) is 5.67. The number of carbonyl (C=O) groups is 1. The van der Waals surface area contributed by atoms with E-state index in [1.165, 1.54) is 0 Å². The van der Waals surface area contributed by atoms with Gasteiger partial charge in [0.1, 0.15) is 0 Å². The van der Waals surface area contributed by atoms with Crippen LogP contribution in [0.4, 0.5) is 6.01 Å². The molecular weight excluding hydrogens is 324 g/mol. The van der Waals surface area contributed by atoms with Gasteiger partial charge in [-0.3, -0.25) is 10.1 Å². The summed E-state index contributed by atoms with van der Waals surface area (Å²) in [5, 5.41) is 19.1. The Balaban J connectivity index is 1.75. The lowest BCUT2D eigenvalue weighted by Gasteiger charge is -2.00. The zero-order valence-electron chi connectivity index (χ0n) is 12.7. The van der Waals surface area contributed by atoms with Crippen molar-refractivity contribution in [2.75, 3.05) is 11.6 Å². The van der Waals surface area contributed by atoms with Gasteiger partial charge in [0, 0.05) is 16.0 Å². The Morgan fingerprint density at radius 3 is 2.71 bits per heavy atom. The average molecular weight is 336 g/mol. The molecule has 0 aliphatic carbocycles. The van der Waals surface area contributed by atoms with Crippen molar-refractivity contribution in [2.45, 2.75) is 4.90 Å². The summed E-state index contributed by atoms with van der Waals surface area (Å²) in [5.41, 5.74) is 1.67. The molecule has 0 unspecified atom stereocenters. The maximum Gasteiger partial charge on any atom is 0.322 e. The fourth-order valence-electron chi connectivity index (χ4n) is 2.01. The molecule has 3 rings (SSSR count). The Morgan fingerprint density at radius 1 is 1.21 bits per heavy atom. The number of benzene rings is 2. The van der Waals surface area contributed by atoms with Gasteiger partial charge in [-0.2, -0.15) is 5.26 Å². The number of nitrogens with one attached hydrogen (secondary N) is 1. The van der Waals surface area contributed by atoms with E-state index >= 15 is 0 Å². The molecule has 0 radical (unpaired) electrons. The molecule has 0 saturated carbocycles. The molecule has 3 aromatic rings. The zero-order chi connectivity index (χ0) is 16.9. The van der Waals surface area contributed by atoms with Gasteiger partial charge in [0.15, 0.2) is 0 Å². The predicted molar refractivity (Wildman–Crippen MR) is 90.6 cm³/mol. The van der Waals surface area contributed by atoms with Gasteiger partial charge in [0.25, 0.3) is 5.91 Å². The zero-order valence-corrected chi connectivity index (χ0v) is 13.5. The molecule has 7 heteroatoms. The third-order valence-corrected chi connectivity index (χ3v) is 3.96. The maximum absolute atomic E-state index is 12.1.